The van der Waals surface area contributed by atoms with Gasteiger partial charge >= 0.3 is 6.03 Å². The number of amides is 2. The number of benzene rings is 2. The number of hydrogen-bond donors (Lipinski definition) is 1. The van der Waals surface area contributed by atoms with Gasteiger partial charge in [0.2, 0.25) is 0 Å². The molecule has 0 aromatic heterocycles. The zero-order valence-electron chi connectivity index (χ0n) is 17.0. The third-order valence-electron chi connectivity index (χ3n) is 5.49. The van der Waals surface area contributed by atoms with E-state index in [1.807, 2.05) is 36.1 Å². The van der Waals surface area contributed by atoms with E-state index in [1.165, 1.54) is 16.8 Å². The molecule has 5 nitrogen and oxygen atoms in total. The summed E-state index contributed by atoms with van der Waals surface area (Å²) in [4.78, 5) is 28.8. The van der Waals surface area contributed by atoms with Crippen molar-refractivity contribution in [1.29, 1.82) is 0 Å². The van der Waals surface area contributed by atoms with Gasteiger partial charge in [-0.1, -0.05) is 42.0 Å². The molecular formula is C23H29N3O2. The topological polar surface area (TPSA) is 52.7 Å². The van der Waals surface area contributed by atoms with Crippen LogP contribution in [0.5, 0.6) is 0 Å². The van der Waals surface area contributed by atoms with Gasteiger partial charge in [-0.25, -0.2) is 4.79 Å². The Labute approximate surface area is 167 Å². The molecule has 1 N–H and O–H groups in total. The van der Waals surface area contributed by atoms with E-state index < -0.39 is 0 Å². The largest absolute Gasteiger partial charge is 0.368 e. The van der Waals surface area contributed by atoms with Crippen molar-refractivity contribution in [2.24, 2.45) is 0 Å². The molecule has 1 fully saturated rings. The molecule has 3 rings (SSSR count). The number of nitrogens with one attached hydrogen (secondary N) is 1. The third kappa shape index (κ3) is 4.71. The van der Waals surface area contributed by atoms with Crippen LogP contribution >= 0.6 is 0 Å². The summed E-state index contributed by atoms with van der Waals surface area (Å²) < 4.78 is 0. The molecule has 0 bridgehead atoms. The van der Waals surface area contributed by atoms with E-state index >= 15 is 0 Å². The zero-order chi connectivity index (χ0) is 20.1. The number of nitrogens with zero attached hydrogens (tertiary/aromatic N) is 2. The van der Waals surface area contributed by atoms with Gasteiger partial charge in [-0.2, -0.15) is 0 Å². The van der Waals surface area contributed by atoms with Crippen LogP contribution in [0.2, 0.25) is 0 Å². The van der Waals surface area contributed by atoms with Crippen molar-refractivity contribution >= 4 is 17.5 Å². The van der Waals surface area contributed by atoms with Crippen molar-refractivity contribution in [2.75, 3.05) is 37.6 Å². The first-order valence-corrected chi connectivity index (χ1v) is 9.89. The molecule has 1 aliphatic rings. The predicted octanol–water partition coefficient (Wildman–Crippen LogP) is 3.72. The van der Waals surface area contributed by atoms with E-state index in [4.69, 9.17) is 0 Å². The van der Waals surface area contributed by atoms with Crippen molar-refractivity contribution in [2.45, 2.75) is 27.2 Å². The molecule has 0 unspecified atom stereocenters. The summed E-state index contributed by atoms with van der Waals surface area (Å²) >= 11 is 0. The Bertz CT molecular complexity index is 837. The average molecular weight is 380 g/mol. The minimum absolute atomic E-state index is 0.0556. The molecule has 2 amide bonds. The summed E-state index contributed by atoms with van der Waals surface area (Å²) in [6.07, 6.45) is 0.317. The van der Waals surface area contributed by atoms with E-state index in [2.05, 4.69) is 42.3 Å². The quantitative estimate of drug-likeness (QED) is 0.806. The van der Waals surface area contributed by atoms with Crippen LogP contribution in [-0.2, 0) is 0 Å². The fourth-order valence-electron chi connectivity index (χ4n) is 3.51. The Hall–Kier alpha value is -2.82. The van der Waals surface area contributed by atoms with Crippen LogP contribution in [0.25, 0.3) is 0 Å². The Morgan fingerprint density at radius 1 is 0.929 bits per heavy atom. The molecule has 5 heteroatoms. The van der Waals surface area contributed by atoms with Crippen LogP contribution in [0, 0.1) is 20.8 Å². The van der Waals surface area contributed by atoms with E-state index in [0.717, 1.165) is 18.7 Å². The van der Waals surface area contributed by atoms with Crippen molar-refractivity contribution in [1.82, 2.24) is 10.2 Å². The van der Waals surface area contributed by atoms with Crippen molar-refractivity contribution < 1.29 is 9.59 Å². The predicted molar refractivity (Wildman–Crippen MR) is 113 cm³/mol. The van der Waals surface area contributed by atoms with Crippen LogP contribution in [0.3, 0.4) is 0 Å². The summed E-state index contributed by atoms with van der Waals surface area (Å²) in [5.41, 5.74) is 5.67. The van der Waals surface area contributed by atoms with E-state index in [0.29, 0.717) is 31.6 Å². The normalized spacial score (nSPS) is 14.1. The highest BCUT2D eigenvalue weighted by atomic mass is 16.2. The van der Waals surface area contributed by atoms with Gasteiger partial charge in [-0.05, 0) is 38.0 Å². The van der Waals surface area contributed by atoms with Gasteiger partial charge in [0.25, 0.3) is 0 Å². The zero-order valence-corrected chi connectivity index (χ0v) is 17.0. The number of carbonyl (C=O) groups is 2. The van der Waals surface area contributed by atoms with Crippen molar-refractivity contribution in [3.63, 3.8) is 0 Å². The maximum Gasteiger partial charge on any atom is 0.317 e. The first-order valence-electron chi connectivity index (χ1n) is 9.89. The number of carbonyl (C=O) groups excluding carboxylic acids is 2. The van der Waals surface area contributed by atoms with E-state index in [-0.39, 0.29) is 11.8 Å². The van der Waals surface area contributed by atoms with Gasteiger partial charge in [0.05, 0.1) is 0 Å². The molecule has 0 spiro atoms. The Balaban J connectivity index is 1.44. The number of ketones is 1. The molecule has 0 atom stereocenters. The van der Waals surface area contributed by atoms with Crippen LogP contribution in [0.1, 0.15) is 33.5 Å². The van der Waals surface area contributed by atoms with Crippen molar-refractivity contribution in [3.8, 4) is 0 Å². The summed E-state index contributed by atoms with van der Waals surface area (Å²) in [6, 6.07) is 13.8. The summed E-state index contributed by atoms with van der Waals surface area (Å²) in [5.74, 6) is 0.0556. The van der Waals surface area contributed by atoms with Gasteiger partial charge in [0.15, 0.2) is 5.78 Å². The summed E-state index contributed by atoms with van der Waals surface area (Å²) in [7, 11) is 0. The van der Waals surface area contributed by atoms with Gasteiger partial charge in [-0.15, -0.1) is 0 Å². The molecule has 2 aromatic rings. The lowest BCUT2D eigenvalue weighted by Gasteiger charge is -2.37. The highest BCUT2D eigenvalue weighted by molar-refractivity contribution is 5.96. The summed E-state index contributed by atoms with van der Waals surface area (Å²) in [5, 5.41) is 2.89. The Kier molecular flexibility index (Phi) is 6.34. The number of piperazine rings is 1. The first kappa shape index (κ1) is 19.9. The van der Waals surface area contributed by atoms with Crippen molar-refractivity contribution in [3.05, 3.63) is 64.7 Å². The number of anilines is 1. The lowest BCUT2D eigenvalue weighted by atomic mass is 10.1. The number of urea groups is 1. The molecule has 1 aliphatic heterocycles. The average Bonchev–Trinajstić information content (AvgIpc) is 2.70. The number of Topliss-reactive ketones (excluding diaryl/α,β-unsaturated/α-hetero) is 1. The van der Waals surface area contributed by atoms with E-state index in [9.17, 15) is 9.59 Å². The minimum atomic E-state index is -0.0858. The number of rotatable bonds is 5. The minimum Gasteiger partial charge on any atom is -0.368 e. The highest BCUT2D eigenvalue weighted by Crippen LogP contribution is 2.23. The van der Waals surface area contributed by atoms with Gasteiger partial charge in [0.1, 0.15) is 0 Å². The van der Waals surface area contributed by atoms with Gasteiger partial charge < -0.3 is 15.1 Å². The molecule has 28 heavy (non-hydrogen) atoms. The van der Waals surface area contributed by atoms with Gasteiger partial charge in [0, 0.05) is 50.4 Å². The van der Waals surface area contributed by atoms with Crippen LogP contribution < -0.4 is 10.2 Å². The molecule has 0 radical (unpaired) electrons. The molecule has 0 saturated carbocycles. The lowest BCUT2D eigenvalue weighted by Crippen LogP contribution is -2.52. The van der Waals surface area contributed by atoms with Crippen LogP contribution in [0.15, 0.2) is 42.5 Å². The SMILES string of the molecule is Cc1ccc(C(=O)CCNC(=O)N2CCN(c3cccc(C)c3C)CC2)cc1. The fraction of sp³-hybridized carbons (Fsp3) is 0.391. The maximum absolute atomic E-state index is 12.4. The smallest absolute Gasteiger partial charge is 0.317 e. The second kappa shape index (κ2) is 8.91. The maximum atomic E-state index is 12.4. The standard InChI is InChI=1S/C23H29N3O2/c1-17-7-9-20(10-8-17)22(27)11-12-24-23(28)26-15-13-25(14-16-26)21-6-4-5-18(2)19(21)3/h4-10H,11-16H2,1-3H3,(H,24,28). The van der Waals surface area contributed by atoms with Gasteiger partial charge in [-0.3, -0.25) is 4.79 Å². The second-order valence-electron chi connectivity index (χ2n) is 7.46. The lowest BCUT2D eigenvalue weighted by molar-refractivity contribution is 0.0983. The molecule has 0 aliphatic carbocycles. The van der Waals surface area contributed by atoms with Crippen LogP contribution in [0.4, 0.5) is 10.5 Å². The third-order valence-corrected chi connectivity index (χ3v) is 5.49. The number of aryl methyl sites for hydroxylation is 2. The Morgan fingerprint density at radius 3 is 2.29 bits per heavy atom. The fourth-order valence-corrected chi connectivity index (χ4v) is 3.51. The highest BCUT2D eigenvalue weighted by Gasteiger charge is 2.22. The molecule has 1 heterocycles. The van der Waals surface area contributed by atoms with E-state index in [1.54, 1.807) is 0 Å². The molecule has 1 saturated heterocycles. The second-order valence-corrected chi connectivity index (χ2v) is 7.46. The Morgan fingerprint density at radius 2 is 1.61 bits per heavy atom. The van der Waals surface area contributed by atoms with Crippen LogP contribution in [-0.4, -0.2) is 49.4 Å². The first-order chi connectivity index (χ1) is 13.5. The molecule has 2 aromatic carbocycles. The molecule has 148 valence electrons. The monoisotopic (exact) mass is 379 g/mol. The number of hydrogen-bond acceptors (Lipinski definition) is 3. The molecular weight excluding hydrogens is 350 g/mol. The summed E-state index contributed by atoms with van der Waals surface area (Å²) in [6.45, 7) is 9.64.